The maximum absolute atomic E-state index is 13.4. The Morgan fingerprint density at radius 3 is 2.67 bits per heavy atom. The molecule has 0 spiro atoms. The van der Waals surface area contributed by atoms with E-state index in [9.17, 15) is 8.78 Å². The smallest absolute Gasteiger partial charge is 0.248 e. The first-order chi connectivity index (χ1) is 8.59. The number of halogens is 2. The molecule has 2 saturated carbocycles. The van der Waals surface area contributed by atoms with Gasteiger partial charge in [-0.3, -0.25) is 0 Å². The average Bonchev–Trinajstić information content (AvgIpc) is 3.08. The molecule has 0 aromatic carbocycles. The highest BCUT2D eigenvalue weighted by Gasteiger charge is 2.36. The molecule has 106 valence electrons. The van der Waals surface area contributed by atoms with Crippen LogP contribution in [0, 0.1) is 11.8 Å². The molecule has 2 rings (SSSR count). The summed E-state index contributed by atoms with van der Waals surface area (Å²) in [6.45, 7) is 3.24. The molecule has 3 heteroatoms. The van der Waals surface area contributed by atoms with Gasteiger partial charge in [-0.25, -0.2) is 8.78 Å². The summed E-state index contributed by atoms with van der Waals surface area (Å²) in [6, 6.07) is 0.733. The zero-order chi connectivity index (χ0) is 13.0. The average molecular weight is 259 g/mol. The highest BCUT2D eigenvalue weighted by Crippen LogP contribution is 2.39. The largest absolute Gasteiger partial charge is 0.314 e. The van der Waals surface area contributed by atoms with Crippen molar-refractivity contribution in [3.8, 4) is 0 Å². The normalized spacial score (nSPS) is 29.2. The summed E-state index contributed by atoms with van der Waals surface area (Å²) in [5.74, 6) is -1.52. The Balaban J connectivity index is 1.75. The van der Waals surface area contributed by atoms with E-state index in [0.29, 0.717) is 12.3 Å². The van der Waals surface area contributed by atoms with Crippen molar-refractivity contribution in [3.05, 3.63) is 0 Å². The fourth-order valence-corrected chi connectivity index (χ4v) is 3.28. The lowest BCUT2D eigenvalue weighted by molar-refractivity contribution is -0.0558. The summed E-state index contributed by atoms with van der Waals surface area (Å²) in [4.78, 5) is 0. The van der Waals surface area contributed by atoms with Crippen LogP contribution in [0.2, 0.25) is 0 Å². The summed E-state index contributed by atoms with van der Waals surface area (Å²) < 4.78 is 26.8. The Bertz CT molecular complexity index is 251. The minimum absolute atomic E-state index is 0.113. The molecule has 0 amide bonds. The van der Waals surface area contributed by atoms with Gasteiger partial charge in [0.25, 0.3) is 0 Å². The third-order valence-electron chi connectivity index (χ3n) is 4.38. The standard InChI is InChI=1S/C15H27F2N/c1-2-4-13(11-18-14-6-7-14)9-12-5-3-8-15(16,17)10-12/h12-14,18H,2-11H2,1H3. The van der Waals surface area contributed by atoms with Gasteiger partial charge in [0.2, 0.25) is 5.92 Å². The molecule has 18 heavy (non-hydrogen) atoms. The van der Waals surface area contributed by atoms with Crippen molar-refractivity contribution in [3.63, 3.8) is 0 Å². The van der Waals surface area contributed by atoms with Gasteiger partial charge >= 0.3 is 0 Å². The molecule has 0 bridgehead atoms. The SMILES string of the molecule is CCCC(CNC1CC1)CC1CCCC(F)(F)C1. The first-order valence-corrected chi connectivity index (χ1v) is 7.70. The van der Waals surface area contributed by atoms with E-state index in [-0.39, 0.29) is 18.8 Å². The van der Waals surface area contributed by atoms with Gasteiger partial charge in [-0.05, 0) is 50.5 Å². The number of hydrogen-bond acceptors (Lipinski definition) is 1. The van der Waals surface area contributed by atoms with Gasteiger partial charge in [-0.1, -0.05) is 19.8 Å². The molecular weight excluding hydrogens is 232 g/mol. The van der Waals surface area contributed by atoms with Crippen molar-refractivity contribution in [1.82, 2.24) is 5.32 Å². The molecule has 0 heterocycles. The summed E-state index contributed by atoms with van der Waals surface area (Å²) in [6.07, 6.45) is 7.94. The lowest BCUT2D eigenvalue weighted by atomic mass is 9.80. The van der Waals surface area contributed by atoms with Crippen LogP contribution in [-0.2, 0) is 0 Å². The monoisotopic (exact) mass is 259 g/mol. The predicted molar refractivity (Wildman–Crippen MR) is 70.9 cm³/mol. The van der Waals surface area contributed by atoms with Crippen molar-refractivity contribution >= 4 is 0 Å². The minimum Gasteiger partial charge on any atom is -0.314 e. The van der Waals surface area contributed by atoms with Gasteiger partial charge in [0.15, 0.2) is 0 Å². The number of nitrogens with one attached hydrogen (secondary N) is 1. The van der Waals surface area contributed by atoms with E-state index in [1.54, 1.807) is 0 Å². The van der Waals surface area contributed by atoms with Gasteiger partial charge in [0.1, 0.15) is 0 Å². The van der Waals surface area contributed by atoms with Crippen molar-refractivity contribution < 1.29 is 8.78 Å². The third-order valence-corrected chi connectivity index (χ3v) is 4.38. The van der Waals surface area contributed by atoms with Crippen molar-refractivity contribution in [2.45, 2.75) is 76.7 Å². The van der Waals surface area contributed by atoms with Crippen LogP contribution in [-0.4, -0.2) is 18.5 Å². The van der Waals surface area contributed by atoms with Crippen LogP contribution < -0.4 is 5.32 Å². The topological polar surface area (TPSA) is 12.0 Å². The highest BCUT2D eigenvalue weighted by atomic mass is 19.3. The van der Waals surface area contributed by atoms with E-state index in [2.05, 4.69) is 12.2 Å². The zero-order valence-electron chi connectivity index (χ0n) is 11.6. The van der Waals surface area contributed by atoms with Crippen LogP contribution in [0.15, 0.2) is 0 Å². The molecule has 0 aromatic heterocycles. The quantitative estimate of drug-likeness (QED) is 0.716. The molecule has 2 atom stereocenters. The summed E-state index contributed by atoms with van der Waals surface area (Å²) in [5.41, 5.74) is 0. The molecule has 0 radical (unpaired) electrons. The van der Waals surface area contributed by atoms with Crippen LogP contribution in [0.5, 0.6) is 0 Å². The predicted octanol–water partition coefficient (Wildman–Crippen LogP) is 4.37. The van der Waals surface area contributed by atoms with Crippen molar-refractivity contribution in [1.29, 1.82) is 0 Å². The van der Waals surface area contributed by atoms with Gasteiger partial charge in [-0.2, -0.15) is 0 Å². The van der Waals surface area contributed by atoms with E-state index in [4.69, 9.17) is 0 Å². The fraction of sp³-hybridized carbons (Fsp3) is 1.00. The molecule has 0 aliphatic heterocycles. The van der Waals surface area contributed by atoms with Crippen LogP contribution >= 0.6 is 0 Å². The van der Waals surface area contributed by atoms with Gasteiger partial charge in [-0.15, -0.1) is 0 Å². The van der Waals surface area contributed by atoms with Crippen LogP contribution in [0.4, 0.5) is 8.78 Å². The summed E-state index contributed by atoms with van der Waals surface area (Å²) in [7, 11) is 0. The summed E-state index contributed by atoms with van der Waals surface area (Å²) in [5, 5.41) is 3.56. The number of rotatable bonds is 7. The minimum atomic E-state index is -2.39. The van der Waals surface area contributed by atoms with Gasteiger partial charge < -0.3 is 5.32 Å². The van der Waals surface area contributed by atoms with E-state index in [1.165, 1.54) is 25.7 Å². The Morgan fingerprint density at radius 1 is 1.28 bits per heavy atom. The summed E-state index contributed by atoms with van der Waals surface area (Å²) >= 11 is 0. The Hall–Kier alpha value is -0.180. The number of hydrogen-bond donors (Lipinski definition) is 1. The maximum atomic E-state index is 13.4. The Labute approximate surface area is 110 Å². The third kappa shape index (κ3) is 4.83. The van der Waals surface area contributed by atoms with E-state index in [1.807, 2.05) is 0 Å². The van der Waals surface area contributed by atoms with E-state index >= 15 is 0 Å². The lowest BCUT2D eigenvalue weighted by Gasteiger charge is -2.31. The molecule has 0 aromatic rings. The second kappa shape index (κ2) is 6.31. The second-order valence-electron chi connectivity index (χ2n) is 6.39. The molecule has 2 aliphatic rings. The van der Waals surface area contributed by atoms with Crippen LogP contribution in [0.1, 0.15) is 64.7 Å². The number of alkyl halides is 2. The first kappa shape index (κ1) is 14.2. The maximum Gasteiger partial charge on any atom is 0.248 e. The first-order valence-electron chi connectivity index (χ1n) is 7.70. The molecule has 0 saturated heterocycles. The zero-order valence-corrected chi connectivity index (χ0v) is 11.6. The molecular formula is C15H27F2N. The van der Waals surface area contributed by atoms with Crippen LogP contribution in [0.3, 0.4) is 0 Å². The molecule has 1 N–H and O–H groups in total. The highest BCUT2D eigenvalue weighted by molar-refractivity contribution is 4.84. The second-order valence-corrected chi connectivity index (χ2v) is 6.39. The van der Waals surface area contributed by atoms with E-state index in [0.717, 1.165) is 25.4 Å². The molecule has 2 unspecified atom stereocenters. The molecule has 1 nitrogen and oxygen atoms in total. The Kier molecular flexibility index (Phi) is 4.99. The lowest BCUT2D eigenvalue weighted by Crippen LogP contribution is -2.30. The van der Waals surface area contributed by atoms with Gasteiger partial charge in [0.05, 0.1) is 0 Å². The van der Waals surface area contributed by atoms with Crippen LogP contribution in [0.25, 0.3) is 0 Å². The molecule has 2 aliphatic carbocycles. The molecule has 2 fully saturated rings. The van der Waals surface area contributed by atoms with Crippen molar-refractivity contribution in [2.24, 2.45) is 11.8 Å². The Morgan fingerprint density at radius 2 is 2.06 bits per heavy atom. The fourth-order valence-electron chi connectivity index (χ4n) is 3.28. The van der Waals surface area contributed by atoms with Gasteiger partial charge in [0, 0.05) is 18.9 Å². The van der Waals surface area contributed by atoms with Crippen molar-refractivity contribution in [2.75, 3.05) is 6.54 Å². The van der Waals surface area contributed by atoms with E-state index < -0.39 is 5.92 Å².